The molecule has 1 fully saturated rings. The second-order valence-electron chi connectivity index (χ2n) is 5.57. The summed E-state index contributed by atoms with van der Waals surface area (Å²) in [6.07, 6.45) is 5.57. The lowest BCUT2D eigenvalue weighted by atomic mass is 9.76. The number of para-hydroxylation sites is 1. The van der Waals surface area contributed by atoms with Crippen LogP contribution in [0.3, 0.4) is 0 Å². The first-order valence-corrected chi connectivity index (χ1v) is 6.79. The molecule has 2 N–H and O–H groups in total. The monoisotopic (exact) mass is 247 g/mol. The van der Waals surface area contributed by atoms with E-state index in [2.05, 4.69) is 6.07 Å². The molecular weight excluding hydrogens is 226 g/mol. The quantitative estimate of drug-likeness (QED) is 0.830. The Labute approximate surface area is 108 Å². The summed E-state index contributed by atoms with van der Waals surface area (Å²) in [6, 6.07) is 8.27. The van der Waals surface area contributed by atoms with Crippen LogP contribution >= 0.6 is 0 Å². The van der Waals surface area contributed by atoms with Gasteiger partial charge in [0.2, 0.25) is 0 Å². The molecule has 18 heavy (non-hydrogen) atoms. The normalized spacial score (nSPS) is 35.0. The Balaban J connectivity index is 1.81. The van der Waals surface area contributed by atoms with E-state index in [0.717, 1.165) is 43.4 Å². The molecule has 0 saturated heterocycles. The van der Waals surface area contributed by atoms with E-state index in [4.69, 9.17) is 15.2 Å². The smallest absolute Gasteiger partial charge is 0.124 e. The van der Waals surface area contributed by atoms with Crippen molar-refractivity contribution in [2.75, 3.05) is 7.11 Å². The largest absolute Gasteiger partial charge is 0.487 e. The second-order valence-corrected chi connectivity index (χ2v) is 5.57. The Hall–Kier alpha value is -1.06. The molecule has 1 aliphatic heterocycles. The zero-order chi connectivity index (χ0) is 12.6. The van der Waals surface area contributed by atoms with Crippen LogP contribution in [0.1, 0.15) is 43.7 Å². The minimum atomic E-state index is -0.0528. The molecule has 1 aliphatic carbocycles. The van der Waals surface area contributed by atoms with E-state index in [1.165, 1.54) is 0 Å². The Morgan fingerprint density at radius 2 is 2.00 bits per heavy atom. The number of methoxy groups -OCH3 is 1. The molecule has 0 bridgehead atoms. The van der Waals surface area contributed by atoms with E-state index < -0.39 is 0 Å². The highest BCUT2D eigenvalue weighted by Crippen LogP contribution is 2.45. The van der Waals surface area contributed by atoms with Crippen molar-refractivity contribution >= 4 is 0 Å². The van der Waals surface area contributed by atoms with Gasteiger partial charge in [0.15, 0.2) is 0 Å². The van der Waals surface area contributed by atoms with Crippen molar-refractivity contribution in [3.63, 3.8) is 0 Å². The lowest BCUT2D eigenvalue weighted by Gasteiger charge is -2.45. The van der Waals surface area contributed by atoms with Crippen molar-refractivity contribution in [3.05, 3.63) is 29.8 Å². The summed E-state index contributed by atoms with van der Waals surface area (Å²) in [7, 11) is 1.80. The van der Waals surface area contributed by atoms with E-state index in [1.54, 1.807) is 7.11 Å². The van der Waals surface area contributed by atoms with Crippen LogP contribution in [0, 0.1) is 0 Å². The third-order valence-electron chi connectivity index (χ3n) is 4.41. The standard InChI is InChI=1S/C15H21NO2/c1-17-11-6-8-15(9-7-11)10-13(16)12-4-2-3-5-14(12)18-15/h2-5,11,13H,6-10,16H2,1H3. The number of rotatable bonds is 1. The fourth-order valence-electron chi connectivity index (χ4n) is 3.32. The minimum Gasteiger partial charge on any atom is -0.487 e. The van der Waals surface area contributed by atoms with Gasteiger partial charge in [-0.2, -0.15) is 0 Å². The lowest BCUT2D eigenvalue weighted by Crippen LogP contribution is -2.46. The van der Waals surface area contributed by atoms with Gasteiger partial charge in [-0.3, -0.25) is 0 Å². The molecule has 3 rings (SSSR count). The van der Waals surface area contributed by atoms with Crippen molar-refractivity contribution in [2.24, 2.45) is 5.73 Å². The molecule has 3 nitrogen and oxygen atoms in total. The zero-order valence-corrected chi connectivity index (χ0v) is 10.9. The second kappa shape index (κ2) is 4.56. The van der Waals surface area contributed by atoms with Gasteiger partial charge in [-0.15, -0.1) is 0 Å². The summed E-state index contributed by atoms with van der Waals surface area (Å²) in [5.74, 6) is 0.979. The van der Waals surface area contributed by atoms with Crippen molar-refractivity contribution in [1.29, 1.82) is 0 Å². The van der Waals surface area contributed by atoms with Gasteiger partial charge in [0.05, 0.1) is 6.10 Å². The van der Waals surface area contributed by atoms with Crippen LogP contribution < -0.4 is 10.5 Å². The SMILES string of the molecule is COC1CCC2(CC1)CC(N)c1ccccc1O2. The number of fused-ring (bicyclic) bond motifs is 1. The van der Waals surface area contributed by atoms with Crippen molar-refractivity contribution in [3.8, 4) is 5.75 Å². The van der Waals surface area contributed by atoms with Gasteiger partial charge < -0.3 is 15.2 Å². The number of hydrogen-bond acceptors (Lipinski definition) is 3. The fraction of sp³-hybridized carbons (Fsp3) is 0.600. The van der Waals surface area contributed by atoms with E-state index in [9.17, 15) is 0 Å². The van der Waals surface area contributed by atoms with Crippen LogP contribution in [0.4, 0.5) is 0 Å². The number of hydrogen-bond donors (Lipinski definition) is 1. The summed E-state index contributed by atoms with van der Waals surface area (Å²) in [5, 5.41) is 0. The third kappa shape index (κ3) is 2.02. The van der Waals surface area contributed by atoms with Gasteiger partial charge in [-0.25, -0.2) is 0 Å². The molecule has 98 valence electrons. The number of benzene rings is 1. The van der Waals surface area contributed by atoms with Crippen LogP contribution in [0.5, 0.6) is 5.75 Å². The molecular formula is C15H21NO2. The molecule has 1 aromatic carbocycles. The summed E-state index contributed by atoms with van der Waals surface area (Å²) in [4.78, 5) is 0. The maximum Gasteiger partial charge on any atom is 0.124 e. The maximum atomic E-state index is 6.31. The van der Waals surface area contributed by atoms with Gasteiger partial charge >= 0.3 is 0 Å². The Morgan fingerprint density at radius 3 is 2.72 bits per heavy atom. The number of ether oxygens (including phenoxy) is 2. The van der Waals surface area contributed by atoms with Gasteiger partial charge in [0.1, 0.15) is 11.4 Å². The zero-order valence-electron chi connectivity index (χ0n) is 10.9. The van der Waals surface area contributed by atoms with Crippen molar-refractivity contribution in [1.82, 2.24) is 0 Å². The minimum absolute atomic E-state index is 0.0528. The first kappa shape index (κ1) is 12.0. The molecule has 0 amide bonds. The average molecular weight is 247 g/mol. The van der Waals surface area contributed by atoms with E-state index in [1.807, 2.05) is 18.2 Å². The van der Waals surface area contributed by atoms with Crippen LogP contribution in [0.25, 0.3) is 0 Å². The third-order valence-corrected chi connectivity index (χ3v) is 4.41. The molecule has 1 saturated carbocycles. The highest BCUT2D eigenvalue weighted by atomic mass is 16.5. The average Bonchev–Trinajstić information content (AvgIpc) is 2.40. The van der Waals surface area contributed by atoms with Crippen molar-refractivity contribution < 1.29 is 9.47 Å². The molecule has 0 radical (unpaired) electrons. The van der Waals surface area contributed by atoms with Crippen molar-refractivity contribution in [2.45, 2.75) is 49.9 Å². The molecule has 1 aromatic rings. The number of nitrogens with two attached hydrogens (primary N) is 1. The molecule has 0 aromatic heterocycles. The van der Waals surface area contributed by atoms with Gasteiger partial charge in [-0.05, 0) is 31.7 Å². The Bertz CT molecular complexity index is 424. The molecule has 1 spiro atoms. The van der Waals surface area contributed by atoms with E-state index >= 15 is 0 Å². The Kier molecular flexibility index (Phi) is 3.04. The highest BCUT2D eigenvalue weighted by Gasteiger charge is 2.42. The van der Waals surface area contributed by atoms with Crippen LogP contribution in [-0.4, -0.2) is 18.8 Å². The molecule has 1 unspecified atom stereocenters. The summed E-state index contributed by atoms with van der Waals surface area (Å²) >= 11 is 0. The van der Waals surface area contributed by atoms with Crippen LogP contribution in [0.2, 0.25) is 0 Å². The van der Waals surface area contributed by atoms with Crippen LogP contribution in [0.15, 0.2) is 24.3 Å². The van der Waals surface area contributed by atoms with Gasteiger partial charge in [0, 0.05) is 25.1 Å². The summed E-state index contributed by atoms with van der Waals surface area (Å²) in [6.45, 7) is 0. The van der Waals surface area contributed by atoms with Crippen LogP contribution in [-0.2, 0) is 4.74 Å². The summed E-state index contributed by atoms with van der Waals surface area (Å²) < 4.78 is 11.7. The molecule has 1 atom stereocenters. The predicted molar refractivity (Wildman–Crippen MR) is 70.6 cm³/mol. The molecule has 2 aliphatic rings. The highest BCUT2D eigenvalue weighted by molar-refractivity contribution is 5.38. The maximum absolute atomic E-state index is 6.31. The molecule has 3 heteroatoms. The molecule has 1 heterocycles. The fourth-order valence-corrected chi connectivity index (χ4v) is 3.32. The Morgan fingerprint density at radius 1 is 1.28 bits per heavy atom. The van der Waals surface area contributed by atoms with E-state index in [0.29, 0.717) is 6.10 Å². The lowest BCUT2D eigenvalue weighted by molar-refractivity contribution is -0.0428. The van der Waals surface area contributed by atoms with Gasteiger partial charge in [0.25, 0.3) is 0 Å². The first-order valence-electron chi connectivity index (χ1n) is 6.79. The predicted octanol–water partition coefficient (Wildman–Crippen LogP) is 2.80. The van der Waals surface area contributed by atoms with E-state index in [-0.39, 0.29) is 11.6 Å². The first-order chi connectivity index (χ1) is 8.72. The summed E-state index contributed by atoms with van der Waals surface area (Å²) in [5.41, 5.74) is 7.40. The van der Waals surface area contributed by atoms with Gasteiger partial charge in [-0.1, -0.05) is 18.2 Å². The topological polar surface area (TPSA) is 44.5 Å².